The van der Waals surface area contributed by atoms with Gasteiger partial charge in [-0.1, -0.05) is 20.3 Å². The van der Waals surface area contributed by atoms with Gasteiger partial charge in [0.05, 0.1) is 32.7 Å². The second-order valence-electron chi connectivity index (χ2n) is 13.1. The van der Waals surface area contributed by atoms with Gasteiger partial charge in [-0.15, -0.1) is 0 Å². The second kappa shape index (κ2) is 9.41. The Hall–Kier alpha value is -2.77. The van der Waals surface area contributed by atoms with Gasteiger partial charge in [0.2, 0.25) is 5.75 Å². The number of hydrogen-bond acceptors (Lipinski definition) is 7. The molecule has 0 unspecified atom stereocenters. The molecule has 0 saturated heterocycles. The molecule has 1 spiro atoms. The number of methoxy groups -OCH3 is 3. The SMILES string of the molecule is COc1ccc(C(=O)OC[C@@H]2C(=O)[C@@]3(C)CC[C@H]4[C@]5(C)CCC[C@@](C)(C(=O)O)[C@H]5CC[C@@]24C3)c(OC)c1OC. The molecule has 0 radical (unpaired) electrons. The van der Waals surface area contributed by atoms with Crippen molar-refractivity contribution in [2.75, 3.05) is 27.9 Å². The van der Waals surface area contributed by atoms with E-state index in [4.69, 9.17) is 18.9 Å². The van der Waals surface area contributed by atoms with Gasteiger partial charge in [0.1, 0.15) is 18.0 Å². The average molecular weight is 543 g/mol. The molecule has 5 rings (SSSR count). The fraction of sp³-hybridized carbons (Fsp3) is 0.710. The van der Waals surface area contributed by atoms with Crippen molar-refractivity contribution in [2.24, 2.45) is 39.4 Å². The third-order valence-corrected chi connectivity index (χ3v) is 11.5. The van der Waals surface area contributed by atoms with Crippen molar-refractivity contribution >= 4 is 17.7 Å². The summed E-state index contributed by atoms with van der Waals surface area (Å²) >= 11 is 0. The summed E-state index contributed by atoms with van der Waals surface area (Å²) in [5.41, 5.74) is -1.41. The van der Waals surface area contributed by atoms with E-state index in [2.05, 4.69) is 13.8 Å². The van der Waals surface area contributed by atoms with E-state index >= 15 is 0 Å². The summed E-state index contributed by atoms with van der Waals surface area (Å²) in [6.45, 7) is 6.30. The summed E-state index contributed by atoms with van der Waals surface area (Å²) in [7, 11) is 4.44. The first-order chi connectivity index (χ1) is 18.4. The Kier molecular flexibility index (Phi) is 6.70. The standard InChI is InChI=1S/C31H42O8/c1-28-14-10-22-29(2)12-7-13-30(3,27(34)35)21(29)11-15-31(22,17-28)19(25(28)32)16-39-26(33)18-8-9-20(36-4)24(38-6)23(18)37-5/h8-9,19,21-22H,7,10-17H2,1-6H3,(H,34,35)/t19-,21+,22+,28+,29-,30-,31-/m1/s1. The van der Waals surface area contributed by atoms with Crippen LogP contribution in [0.25, 0.3) is 0 Å². The predicted molar refractivity (Wildman–Crippen MR) is 143 cm³/mol. The van der Waals surface area contributed by atoms with Crippen molar-refractivity contribution in [3.8, 4) is 17.2 Å². The number of ether oxygens (including phenoxy) is 4. The van der Waals surface area contributed by atoms with Crippen LogP contribution in [0.15, 0.2) is 12.1 Å². The minimum Gasteiger partial charge on any atom is -0.493 e. The number of ketones is 1. The highest BCUT2D eigenvalue weighted by Gasteiger charge is 2.71. The molecule has 1 aromatic carbocycles. The molecule has 1 aromatic rings. The Balaban J connectivity index is 1.46. The molecule has 4 saturated carbocycles. The van der Waals surface area contributed by atoms with Crippen LogP contribution in [0.3, 0.4) is 0 Å². The molecule has 8 nitrogen and oxygen atoms in total. The molecular weight excluding hydrogens is 500 g/mol. The van der Waals surface area contributed by atoms with Crippen LogP contribution in [0.4, 0.5) is 0 Å². The molecule has 7 atom stereocenters. The van der Waals surface area contributed by atoms with Gasteiger partial charge >= 0.3 is 11.9 Å². The lowest BCUT2D eigenvalue weighted by Gasteiger charge is -2.64. The normalized spacial score (nSPS) is 38.8. The van der Waals surface area contributed by atoms with Crippen LogP contribution in [0.5, 0.6) is 17.2 Å². The highest BCUT2D eigenvalue weighted by molar-refractivity contribution is 5.95. The lowest BCUT2D eigenvalue weighted by Crippen LogP contribution is -2.60. The largest absolute Gasteiger partial charge is 0.493 e. The van der Waals surface area contributed by atoms with Crippen molar-refractivity contribution in [3.05, 3.63) is 17.7 Å². The number of hydrogen-bond donors (Lipinski definition) is 1. The van der Waals surface area contributed by atoms with Crippen LogP contribution >= 0.6 is 0 Å². The number of benzene rings is 1. The summed E-state index contributed by atoms with van der Waals surface area (Å²) in [4.78, 5) is 39.8. The molecule has 8 heteroatoms. The topological polar surface area (TPSA) is 108 Å². The number of esters is 1. The van der Waals surface area contributed by atoms with Crippen LogP contribution in [-0.4, -0.2) is 50.8 Å². The molecule has 0 amide bonds. The van der Waals surface area contributed by atoms with E-state index in [0.29, 0.717) is 17.9 Å². The van der Waals surface area contributed by atoms with E-state index < -0.39 is 28.7 Å². The van der Waals surface area contributed by atoms with E-state index in [1.54, 1.807) is 12.1 Å². The third-order valence-electron chi connectivity index (χ3n) is 11.5. The van der Waals surface area contributed by atoms with Gasteiger partial charge in [0.15, 0.2) is 11.5 Å². The fourth-order valence-corrected chi connectivity index (χ4v) is 9.76. The zero-order valence-electron chi connectivity index (χ0n) is 24.1. The Labute approximate surface area is 230 Å². The van der Waals surface area contributed by atoms with Crippen molar-refractivity contribution in [3.63, 3.8) is 0 Å². The van der Waals surface area contributed by atoms with E-state index in [1.807, 2.05) is 6.92 Å². The van der Waals surface area contributed by atoms with Gasteiger partial charge in [-0.2, -0.15) is 0 Å². The van der Waals surface area contributed by atoms with E-state index in [1.165, 1.54) is 21.3 Å². The predicted octanol–water partition coefficient (Wildman–Crippen LogP) is 5.55. The van der Waals surface area contributed by atoms with Gasteiger partial charge in [-0.05, 0) is 86.7 Å². The molecule has 1 N–H and O–H groups in total. The summed E-state index contributed by atoms with van der Waals surface area (Å²) < 4.78 is 22.2. The zero-order valence-corrected chi connectivity index (χ0v) is 24.1. The quantitative estimate of drug-likeness (QED) is 0.447. The Bertz CT molecular complexity index is 1190. The number of aliphatic carboxylic acids is 1. The highest BCUT2D eigenvalue weighted by Crippen LogP contribution is 2.74. The van der Waals surface area contributed by atoms with Crippen molar-refractivity contribution in [1.29, 1.82) is 0 Å². The Morgan fingerprint density at radius 2 is 1.62 bits per heavy atom. The first kappa shape index (κ1) is 27.8. The molecule has 39 heavy (non-hydrogen) atoms. The number of rotatable bonds is 7. The van der Waals surface area contributed by atoms with Crippen molar-refractivity contribution in [1.82, 2.24) is 0 Å². The van der Waals surface area contributed by atoms with Crippen LogP contribution in [-0.2, 0) is 14.3 Å². The second-order valence-corrected chi connectivity index (χ2v) is 13.1. The Morgan fingerprint density at radius 1 is 0.923 bits per heavy atom. The smallest absolute Gasteiger partial charge is 0.342 e. The number of carbonyl (C=O) groups excluding carboxylic acids is 2. The number of carbonyl (C=O) groups is 3. The summed E-state index contributed by atoms with van der Waals surface area (Å²) in [6.07, 6.45) is 6.65. The summed E-state index contributed by atoms with van der Waals surface area (Å²) in [5.74, 6) is -0.221. The minimum atomic E-state index is -0.746. The lowest BCUT2D eigenvalue weighted by atomic mass is 9.39. The average Bonchev–Trinajstić information content (AvgIpc) is 3.05. The molecule has 4 aliphatic carbocycles. The number of Topliss-reactive ketones (excluding diaryl/α,β-unsaturated/α-hetero) is 1. The minimum absolute atomic E-state index is 0.0121. The first-order valence-electron chi connectivity index (χ1n) is 14.2. The van der Waals surface area contributed by atoms with Gasteiger partial charge in [0.25, 0.3) is 0 Å². The van der Waals surface area contributed by atoms with Gasteiger partial charge in [-0.3, -0.25) is 9.59 Å². The summed E-state index contributed by atoms with van der Waals surface area (Å²) in [5, 5.41) is 10.2. The van der Waals surface area contributed by atoms with Crippen LogP contribution in [0.1, 0.15) is 82.5 Å². The molecule has 4 aliphatic rings. The number of carboxylic acids is 1. The maximum atomic E-state index is 14.0. The molecule has 0 aliphatic heterocycles. The van der Waals surface area contributed by atoms with E-state index in [-0.39, 0.29) is 46.4 Å². The summed E-state index contributed by atoms with van der Waals surface area (Å²) in [6, 6.07) is 3.22. The van der Waals surface area contributed by atoms with E-state index in [0.717, 1.165) is 44.9 Å². The van der Waals surface area contributed by atoms with Gasteiger partial charge in [0, 0.05) is 5.41 Å². The Morgan fingerprint density at radius 3 is 2.26 bits per heavy atom. The highest BCUT2D eigenvalue weighted by atomic mass is 16.5. The fourth-order valence-electron chi connectivity index (χ4n) is 9.76. The number of fused-ring (bicyclic) bond motifs is 3. The lowest BCUT2D eigenvalue weighted by molar-refractivity contribution is -0.189. The molecule has 2 bridgehead atoms. The van der Waals surface area contributed by atoms with Crippen molar-refractivity contribution < 1.29 is 38.4 Å². The van der Waals surface area contributed by atoms with Crippen molar-refractivity contribution in [2.45, 2.75) is 72.1 Å². The molecule has 214 valence electrons. The monoisotopic (exact) mass is 542 g/mol. The van der Waals surface area contributed by atoms with E-state index in [9.17, 15) is 19.5 Å². The molecular formula is C31H42O8. The van der Waals surface area contributed by atoms with Crippen LogP contribution < -0.4 is 14.2 Å². The third kappa shape index (κ3) is 3.80. The maximum Gasteiger partial charge on any atom is 0.342 e. The van der Waals surface area contributed by atoms with Gasteiger partial charge in [-0.25, -0.2) is 4.79 Å². The first-order valence-corrected chi connectivity index (χ1v) is 14.2. The van der Waals surface area contributed by atoms with Crippen LogP contribution in [0, 0.1) is 39.4 Å². The maximum absolute atomic E-state index is 14.0. The molecule has 4 fully saturated rings. The van der Waals surface area contributed by atoms with Gasteiger partial charge < -0.3 is 24.1 Å². The van der Waals surface area contributed by atoms with Crippen LogP contribution in [0.2, 0.25) is 0 Å². The molecule has 0 heterocycles. The molecule has 0 aromatic heterocycles. The zero-order chi connectivity index (χ0) is 28.4. The number of carboxylic acid groups (broad SMARTS) is 1.